The fourth-order valence-electron chi connectivity index (χ4n) is 2.52. The third kappa shape index (κ3) is 4.09. The van der Waals surface area contributed by atoms with E-state index in [4.69, 9.17) is 17.3 Å². The maximum absolute atomic E-state index is 6.36. The van der Waals surface area contributed by atoms with Gasteiger partial charge in [-0.05, 0) is 53.1 Å². The summed E-state index contributed by atoms with van der Waals surface area (Å²) in [7, 11) is 0. The summed E-state index contributed by atoms with van der Waals surface area (Å²) >= 11 is 6.08. The molecule has 1 nitrogen and oxygen atoms in total. The highest BCUT2D eigenvalue weighted by molar-refractivity contribution is 6.30. The second-order valence-electron chi connectivity index (χ2n) is 6.76. The Morgan fingerprint density at radius 1 is 1.05 bits per heavy atom. The zero-order valence-electron chi connectivity index (χ0n) is 13.3. The molecule has 0 bridgehead atoms. The fraction of sp³-hybridized carbons (Fsp3) is 0.368. The van der Waals surface area contributed by atoms with Gasteiger partial charge in [0.15, 0.2) is 0 Å². The van der Waals surface area contributed by atoms with E-state index in [-0.39, 0.29) is 11.5 Å². The first-order chi connectivity index (χ1) is 9.77. The first-order valence-corrected chi connectivity index (χ1v) is 7.76. The van der Waals surface area contributed by atoms with Gasteiger partial charge >= 0.3 is 0 Å². The lowest BCUT2D eigenvalue weighted by atomic mass is 9.86. The Bertz CT molecular complexity index is 608. The van der Waals surface area contributed by atoms with Crippen LogP contribution in [0.1, 0.15) is 49.1 Å². The van der Waals surface area contributed by atoms with E-state index in [9.17, 15) is 0 Å². The number of hydrogen-bond acceptors (Lipinski definition) is 1. The molecule has 2 N–H and O–H groups in total. The van der Waals surface area contributed by atoms with Gasteiger partial charge in [0.25, 0.3) is 0 Å². The lowest BCUT2D eigenvalue weighted by Crippen LogP contribution is -2.15. The summed E-state index contributed by atoms with van der Waals surface area (Å²) in [6.45, 7) is 8.75. The van der Waals surface area contributed by atoms with Gasteiger partial charge in [-0.3, -0.25) is 0 Å². The molecule has 2 aromatic rings. The molecule has 0 aromatic heterocycles. The van der Waals surface area contributed by atoms with E-state index < -0.39 is 0 Å². The Morgan fingerprint density at radius 3 is 2.24 bits per heavy atom. The van der Waals surface area contributed by atoms with Crippen molar-refractivity contribution in [1.29, 1.82) is 0 Å². The highest BCUT2D eigenvalue weighted by atomic mass is 35.5. The van der Waals surface area contributed by atoms with Crippen LogP contribution in [0.2, 0.25) is 5.02 Å². The van der Waals surface area contributed by atoms with Gasteiger partial charge in [0.05, 0.1) is 0 Å². The molecule has 2 aromatic carbocycles. The number of rotatable bonds is 3. The first-order valence-electron chi connectivity index (χ1n) is 7.38. The zero-order chi connectivity index (χ0) is 15.6. The van der Waals surface area contributed by atoms with E-state index in [1.54, 1.807) is 0 Å². The average molecular weight is 302 g/mol. The van der Waals surface area contributed by atoms with E-state index in [0.29, 0.717) is 0 Å². The molecule has 0 saturated carbocycles. The Balaban J connectivity index is 2.16. The molecule has 0 spiro atoms. The Morgan fingerprint density at radius 2 is 1.67 bits per heavy atom. The summed E-state index contributed by atoms with van der Waals surface area (Å²) in [5, 5.41) is 0.745. The lowest BCUT2D eigenvalue weighted by molar-refractivity contribution is 0.589. The Hall–Kier alpha value is -1.31. The van der Waals surface area contributed by atoms with Crippen LogP contribution in [0.4, 0.5) is 0 Å². The van der Waals surface area contributed by atoms with Crippen molar-refractivity contribution in [3.05, 3.63) is 69.7 Å². The average Bonchev–Trinajstić information content (AvgIpc) is 2.41. The third-order valence-electron chi connectivity index (χ3n) is 3.92. The molecule has 0 amide bonds. The van der Waals surface area contributed by atoms with Crippen molar-refractivity contribution in [2.24, 2.45) is 5.73 Å². The molecule has 112 valence electrons. The molecule has 0 heterocycles. The Labute approximate surface area is 133 Å². The van der Waals surface area contributed by atoms with Crippen LogP contribution in [0.3, 0.4) is 0 Å². The molecule has 1 atom stereocenters. The van der Waals surface area contributed by atoms with Crippen molar-refractivity contribution < 1.29 is 0 Å². The summed E-state index contributed by atoms with van der Waals surface area (Å²) in [6.07, 6.45) is 0.825. The van der Waals surface area contributed by atoms with E-state index >= 15 is 0 Å². The minimum Gasteiger partial charge on any atom is -0.324 e. The number of aryl methyl sites for hydroxylation is 1. The van der Waals surface area contributed by atoms with Gasteiger partial charge in [0.1, 0.15) is 0 Å². The molecule has 0 saturated heterocycles. The van der Waals surface area contributed by atoms with Crippen LogP contribution < -0.4 is 5.73 Å². The zero-order valence-corrected chi connectivity index (χ0v) is 14.0. The predicted octanol–water partition coefficient (Wildman–Crippen LogP) is 5.19. The minimum absolute atomic E-state index is 0.0239. The molecular weight excluding hydrogens is 278 g/mol. The van der Waals surface area contributed by atoms with Crippen molar-refractivity contribution >= 4 is 11.6 Å². The number of benzene rings is 2. The van der Waals surface area contributed by atoms with Gasteiger partial charge in [0.2, 0.25) is 0 Å². The number of hydrogen-bond donors (Lipinski definition) is 1. The summed E-state index contributed by atoms with van der Waals surface area (Å²) < 4.78 is 0. The van der Waals surface area contributed by atoms with Gasteiger partial charge in [0, 0.05) is 11.1 Å². The molecular formula is C19H24ClN. The van der Waals surface area contributed by atoms with Crippen molar-refractivity contribution in [2.75, 3.05) is 0 Å². The second kappa shape index (κ2) is 6.21. The van der Waals surface area contributed by atoms with E-state index in [2.05, 4.69) is 52.0 Å². The summed E-state index contributed by atoms with van der Waals surface area (Å²) in [5.74, 6) is 0. The van der Waals surface area contributed by atoms with Crippen LogP contribution in [0.5, 0.6) is 0 Å². The van der Waals surface area contributed by atoms with Crippen LogP contribution in [0.25, 0.3) is 0 Å². The van der Waals surface area contributed by atoms with Gasteiger partial charge in [-0.1, -0.05) is 62.7 Å². The highest BCUT2D eigenvalue weighted by Crippen LogP contribution is 2.25. The minimum atomic E-state index is -0.0239. The lowest BCUT2D eigenvalue weighted by Gasteiger charge is -2.20. The van der Waals surface area contributed by atoms with Crippen LogP contribution >= 0.6 is 11.6 Å². The molecule has 1 unspecified atom stereocenters. The molecule has 0 aliphatic heterocycles. The highest BCUT2D eigenvalue weighted by Gasteiger charge is 2.14. The molecule has 0 aliphatic carbocycles. The van der Waals surface area contributed by atoms with Crippen LogP contribution in [-0.4, -0.2) is 0 Å². The predicted molar refractivity (Wildman–Crippen MR) is 92.0 cm³/mol. The van der Waals surface area contributed by atoms with Crippen molar-refractivity contribution in [3.8, 4) is 0 Å². The van der Waals surface area contributed by atoms with E-state index in [1.165, 1.54) is 16.7 Å². The van der Waals surface area contributed by atoms with Gasteiger partial charge in [-0.15, -0.1) is 0 Å². The Kier molecular flexibility index (Phi) is 4.75. The number of nitrogens with two attached hydrogens (primary N) is 1. The van der Waals surface area contributed by atoms with Crippen LogP contribution in [0.15, 0.2) is 42.5 Å². The molecule has 21 heavy (non-hydrogen) atoms. The summed E-state index contributed by atoms with van der Waals surface area (Å²) in [4.78, 5) is 0. The summed E-state index contributed by atoms with van der Waals surface area (Å²) in [6, 6.07) is 14.7. The third-order valence-corrected chi connectivity index (χ3v) is 4.15. The smallest absolute Gasteiger partial charge is 0.0409 e. The van der Waals surface area contributed by atoms with E-state index in [0.717, 1.165) is 17.0 Å². The molecule has 2 rings (SSSR count). The molecule has 2 heteroatoms. The molecule has 0 aliphatic rings. The van der Waals surface area contributed by atoms with Crippen LogP contribution in [-0.2, 0) is 11.8 Å². The number of halogens is 1. The topological polar surface area (TPSA) is 26.0 Å². The standard InChI is InChI=1S/C19H24ClN/c1-13-5-10-16(20)12-17(13)18(21)11-14-6-8-15(9-7-14)19(2,3)4/h5-10,12,18H,11,21H2,1-4H3. The van der Waals surface area contributed by atoms with Crippen molar-refractivity contribution in [3.63, 3.8) is 0 Å². The quantitative estimate of drug-likeness (QED) is 0.829. The monoisotopic (exact) mass is 301 g/mol. The van der Waals surface area contributed by atoms with Gasteiger partial charge in [-0.2, -0.15) is 0 Å². The van der Waals surface area contributed by atoms with Crippen LogP contribution in [0, 0.1) is 6.92 Å². The largest absolute Gasteiger partial charge is 0.324 e. The SMILES string of the molecule is Cc1ccc(Cl)cc1C(N)Cc1ccc(C(C)(C)C)cc1. The maximum atomic E-state index is 6.36. The van der Waals surface area contributed by atoms with Gasteiger partial charge < -0.3 is 5.73 Å². The first kappa shape index (κ1) is 16.1. The van der Waals surface area contributed by atoms with Gasteiger partial charge in [-0.25, -0.2) is 0 Å². The molecule has 0 radical (unpaired) electrons. The van der Waals surface area contributed by atoms with Crippen molar-refractivity contribution in [1.82, 2.24) is 0 Å². The van der Waals surface area contributed by atoms with E-state index in [1.807, 2.05) is 18.2 Å². The molecule has 0 fully saturated rings. The normalized spacial score (nSPS) is 13.2. The summed E-state index contributed by atoms with van der Waals surface area (Å²) in [5.41, 5.74) is 11.5. The van der Waals surface area contributed by atoms with Crippen molar-refractivity contribution in [2.45, 2.75) is 45.6 Å². The fourth-order valence-corrected chi connectivity index (χ4v) is 2.70. The maximum Gasteiger partial charge on any atom is 0.0409 e. The second-order valence-corrected chi connectivity index (χ2v) is 7.19.